The molecule has 0 aliphatic carbocycles. The minimum atomic E-state index is -0.114. The minimum Gasteiger partial charge on any atom is -0.457 e. The molecule has 0 unspecified atom stereocenters. The van der Waals surface area contributed by atoms with Crippen LogP contribution in [0.3, 0.4) is 0 Å². The van der Waals surface area contributed by atoms with Gasteiger partial charge in [0.1, 0.15) is 11.5 Å². The first-order chi connectivity index (χ1) is 15.5. The van der Waals surface area contributed by atoms with Gasteiger partial charge in [0.15, 0.2) is 4.34 Å². The lowest BCUT2D eigenvalue weighted by molar-refractivity contribution is -0.113. The summed E-state index contributed by atoms with van der Waals surface area (Å²) in [6.07, 6.45) is 0. The van der Waals surface area contributed by atoms with Crippen LogP contribution in [0, 0.1) is 0 Å². The van der Waals surface area contributed by atoms with Crippen LogP contribution < -0.4 is 15.4 Å². The van der Waals surface area contributed by atoms with Gasteiger partial charge >= 0.3 is 0 Å². The molecule has 1 aromatic heterocycles. The predicted octanol–water partition coefficient (Wildman–Crippen LogP) is 7.33. The van der Waals surface area contributed by atoms with Crippen molar-refractivity contribution in [3.05, 3.63) is 81.7 Å². The van der Waals surface area contributed by atoms with E-state index in [1.54, 1.807) is 0 Å². The van der Waals surface area contributed by atoms with Gasteiger partial charge in [-0.3, -0.25) is 4.79 Å². The molecule has 1 heterocycles. The SMILES string of the molecule is O=C(CSc1nnc(Nc2ccc(Oc3ccccc3)cc2)s1)Nc1ccc(Br)cc1Br. The Morgan fingerprint density at radius 3 is 2.47 bits per heavy atom. The Morgan fingerprint density at radius 1 is 0.969 bits per heavy atom. The molecule has 32 heavy (non-hydrogen) atoms. The minimum absolute atomic E-state index is 0.114. The van der Waals surface area contributed by atoms with Crippen LogP contribution in [0.4, 0.5) is 16.5 Å². The summed E-state index contributed by atoms with van der Waals surface area (Å²) in [7, 11) is 0. The number of carbonyl (C=O) groups excluding carboxylic acids is 1. The van der Waals surface area contributed by atoms with Gasteiger partial charge in [-0.05, 0) is 70.5 Å². The largest absolute Gasteiger partial charge is 0.457 e. The Labute approximate surface area is 210 Å². The van der Waals surface area contributed by atoms with Crippen molar-refractivity contribution < 1.29 is 9.53 Å². The molecule has 1 amide bonds. The zero-order chi connectivity index (χ0) is 22.3. The maximum absolute atomic E-state index is 12.2. The van der Waals surface area contributed by atoms with Crippen molar-refractivity contribution in [2.75, 3.05) is 16.4 Å². The fraction of sp³-hybridized carbons (Fsp3) is 0.0455. The monoisotopic (exact) mass is 590 g/mol. The van der Waals surface area contributed by atoms with E-state index in [-0.39, 0.29) is 11.7 Å². The molecule has 0 aliphatic rings. The van der Waals surface area contributed by atoms with Crippen molar-refractivity contribution in [2.24, 2.45) is 0 Å². The number of halogens is 2. The van der Waals surface area contributed by atoms with Crippen molar-refractivity contribution in [2.45, 2.75) is 4.34 Å². The maximum Gasteiger partial charge on any atom is 0.234 e. The molecule has 3 aromatic carbocycles. The Bertz CT molecular complexity index is 1200. The summed E-state index contributed by atoms with van der Waals surface area (Å²) in [6.45, 7) is 0. The first kappa shape index (κ1) is 22.8. The summed E-state index contributed by atoms with van der Waals surface area (Å²) in [4.78, 5) is 12.2. The van der Waals surface area contributed by atoms with Crippen LogP contribution in [-0.2, 0) is 4.79 Å². The Hall–Kier alpha value is -2.40. The quantitative estimate of drug-likeness (QED) is 0.209. The number of amides is 1. The van der Waals surface area contributed by atoms with Gasteiger partial charge in [-0.25, -0.2) is 0 Å². The average molecular weight is 592 g/mol. The third kappa shape index (κ3) is 6.55. The topological polar surface area (TPSA) is 76.1 Å². The summed E-state index contributed by atoms with van der Waals surface area (Å²) in [5, 5.41) is 15.0. The van der Waals surface area contributed by atoms with Gasteiger partial charge < -0.3 is 15.4 Å². The van der Waals surface area contributed by atoms with Gasteiger partial charge in [-0.2, -0.15) is 0 Å². The Kier molecular flexibility index (Phi) is 7.80. The van der Waals surface area contributed by atoms with E-state index in [4.69, 9.17) is 4.74 Å². The molecule has 0 saturated heterocycles. The van der Waals surface area contributed by atoms with E-state index in [1.165, 1.54) is 23.1 Å². The highest BCUT2D eigenvalue weighted by molar-refractivity contribution is 9.11. The summed E-state index contributed by atoms with van der Waals surface area (Å²) < 4.78 is 8.25. The number of carbonyl (C=O) groups is 1. The Balaban J connectivity index is 1.27. The first-order valence-electron chi connectivity index (χ1n) is 9.36. The average Bonchev–Trinajstić information content (AvgIpc) is 3.24. The van der Waals surface area contributed by atoms with Crippen LogP contribution >= 0.6 is 55.0 Å². The molecule has 0 aliphatic heterocycles. The molecule has 4 aromatic rings. The highest BCUT2D eigenvalue weighted by atomic mass is 79.9. The number of anilines is 3. The lowest BCUT2D eigenvalue weighted by atomic mass is 10.3. The van der Waals surface area contributed by atoms with Crippen molar-refractivity contribution in [1.29, 1.82) is 0 Å². The van der Waals surface area contributed by atoms with E-state index in [9.17, 15) is 4.79 Å². The number of para-hydroxylation sites is 1. The number of ether oxygens (including phenoxy) is 1. The third-order valence-corrected chi connectivity index (χ3v) is 7.14. The molecule has 162 valence electrons. The van der Waals surface area contributed by atoms with Crippen LogP contribution in [-0.4, -0.2) is 21.9 Å². The number of rotatable bonds is 8. The number of nitrogens with one attached hydrogen (secondary N) is 2. The van der Waals surface area contributed by atoms with Gasteiger partial charge in [0, 0.05) is 14.6 Å². The summed E-state index contributed by atoms with van der Waals surface area (Å²) in [6, 6.07) is 22.8. The number of hydrogen-bond donors (Lipinski definition) is 2. The fourth-order valence-corrected chi connectivity index (χ4v) is 5.30. The molecule has 0 saturated carbocycles. The van der Waals surface area contributed by atoms with Gasteiger partial charge in [-0.1, -0.05) is 57.2 Å². The van der Waals surface area contributed by atoms with Crippen molar-refractivity contribution in [3.63, 3.8) is 0 Å². The summed E-state index contributed by atoms with van der Waals surface area (Å²) in [5.41, 5.74) is 1.59. The zero-order valence-corrected chi connectivity index (χ0v) is 21.2. The van der Waals surface area contributed by atoms with E-state index in [1.807, 2.05) is 72.8 Å². The standard InChI is InChI=1S/C22H16Br2N4O2S2/c23-14-6-11-19(18(24)12-14)26-20(29)13-31-22-28-27-21(32-22)25-15-7-9-17(10-8-15)30-16-4-2-1-3-5-16/h1-12H,13H2,(H,25,27)(H,26,29). The van der Waals surface area contributed by atoms with Gasteiger partial charge in [0.05, 0.1) is 11.4 Å². The highest BCUT2D eigenvalue weighted by Gasteiger charge is 2.10. The number of nitrogens with zero attached hydrogens (tertiary/aromatic N) is 2. The number of thioether (sulfide) groups is 1. The lowest BCUT2D eigenvalue weighted by Crippen LogP contribution is -2.14. The predicted molar refractivity (Wildman–Crippen MR) is 137 cm³/mol. The normalized spacial score (nSPS) is 10.6. The molecule has 0 atom stereocenters. The van der Waals surface area contributed by atoms with Gasteiger partial charge in [0.25, 0.3) is 0 Å². The van der Waals surface area contributed by atoms with Crippen LogP contribution in [0.2, 0.25) is 0 Å². The maximum atomic E-state index is 12.2. The lowest BCUT2D eigenvalue weighted by Gasteiger charge is -2.07. The van der Waals surface area contributed by atoms with Crippen LogP contribution in [0.15, 0.2) is 86.1 Å². The second-order valence-corrected chi connectivity index (χ2v) is 10.4. The van der Waals surface area contributed by atoms with Crippen LogP contribution in [0.1, 0.15) is 0 Å². The van der Waals surface area contributed by atoms with Crippen molar-refractivity contribution in [1.82, 2.24) is 10.2 Å². The molecule has 10 heteroatoms. The van der Waals surface area contributed by atoms with E-state index >= 15 is 0 Å². The van der Waals surface area contributed by atoms with Crippen LogP contribution in [0.5, 0.6) is 11.5 Å². The summed E-state index contributed by atoms with van der Waals surface area (Å²) in [5.74, 6) is 1.66. The molecule has 2 N–H and O–H groups in total. The van der Waals surface area contributed by atoms with E-state index in [0.29, 0.717) is 9.47 Å². The first-order valence-corrected chi connectivity index (χ1v) is 12.8. The fourth-order valence-electron chi connectivity index (χ4n) is 2.58. The molecule has 6 nitrogen and oxygen atoms in total. The number of benzene rings is 3. The number of aromatic nitrogens is 2. The van der Waals surface area contributed by atoms with Gasteiger partial charge in [-0.15, -0.1) is 10.2 Å². The second kappa shape index (κ2) is 11.0. The van der Waals surface area contributed by atoms with E-state index in [0.717, 1.165) is 31.8 Å². The van der Waals surface area contributed by atoms with E-state index in [2.05, 4.69) is 52.7 Å². The molecule has 0 fully saturated rings. The molecular formula is C22H16Br2N4O2S2. The van der Waals surface area contributed by atoms with Crippen LogP contribution in [0.25, 0.3) is 0 Å². The van der Waals surface area contributed by atoms with Gasteiger partial charge in [0.2, 0.25) is 11.0 Å². The second-order valence-electron chi connectivity index (χ2n) is 6.40. The highest BCUT2D eigenvalue weighted by Crippen LogP contribution is 2.30. The Morgan fingerprint density at radius 2 is 1.72 bits per heavy atom. The third-order valence-electron chi connectivity index (χ3n) is 4.02. The van der Waals surface area contributed by atoms with E-state index < -0.39 is 0 Å². The molecular weight excluding hydrogens is 576 g/mol. The molecule has 0 bridgehead atoms. The summed E-state index contributed by atoms with van der Waals surface area (Å²) >= 11 is 9.56. The smallest absolute Gasteiger partial charge is 0.234 e. The van der Waals surface area contributed by atoms with Crippen molar-refractivity contribution in [3.8, 4) is 11.5 Å². The number of hydrogen-bond acceptors (Lipinski definition) is 7. The molecule has 0 radical (unpaired) electrons. The zero-order valence-electron chi connectivity index (χ0n) is 16.4. The molecule has 0 spiro atoms. The molecule has 4 rings (SSSR count). The van der Waals surface area contributed by atoms with Crippen molar-refractivity contribution >= 4 is 77.4 Å².